The Morgan fingerprint density at radius 2 is 1.79 bits per heavy atom. The second-order valence-corrected chi connectivity index (χ2v) is 8.54. The van der Waals surface area contributed by atoms with Gasteiger partial charge in [-0.1, -0.05) is 30.3 Å². The van der Waals surface area contributed by atoms with Crippen LogP contribution in [-0.4, -0.2) is 39.7 Å². The number of hydrogen-bond donors (Lipinski definition) is 1. The molecule has 1 saturated carbocycles. The van der Waals surface area contributed by atoms with Crippen molar-refractivity contribution in [2.45, 2.75) is 57.6 Å². The summed E-state index contributed by atoms with van der Waals surface area (Å²) >= 11 is 0. The molecule has 1 aliphatic carbocycles. The van der Waals surface area contributed by atoms with E-state index >= 15 is 0 Å². The van der Waals surface area contributed by atoms with Crippen LogP contribution in [0.4, 0.5) is 0 Å². The third kappa shape index (κ3) is 4.45. The highest BCUT2D eigenvalue weighted by Gasteiger charge is 2.31. The Bertz CT molecular complexity index is 909. The maximum Gasteiger partial charge on any atom is 0.263 e. The molecule has 1 aromatic carbocycles. The average Bonchev–Trinajstić information content (AvgIpc) is 3.58. The third-order valence-electron chi connectivity index (χ3n) is 6.42. The van der Waals surface area contributed by atoms with Crippen LogP contribution in [0.5, 0.6) is 0 Å². The molecule has 1 aliphatic heterocycles. The van der Waals surface area contributed by atoms with Crippen LogP contribution in [0.2, 0.25) is 0 Å². The van der Waals surface area contributed by atoms with Gasteiger partial charge in [0.05, 0.1) is 6.10 Å². The maximum absolute atomic E-state index is 13.1. The molecule has 0 spiro atoms. The minimum Gasteiger partial charge on any atom is -0.393 e. The first kappa shape index (κ1) is 19.9. The van der Waals surface area contributed by atoms with Gasteiger partial charge in [-0.3, -0.25) is 9.59 Å². The number of benzene rings is 1. The molecular weight excluding hydrogens is 364 g/mol. The fourth-order valence-corrected chi connectivity index (χ4v) is 4.38. The van der Waals surface area contributed by atoms with E-state index in [0.29, 0.717) is 18.7 Å². The highest BCUT2D eigenvalue weighted by Crippen LogP contribution is 2.33. The van der Waals surface area contributed by atoms with Gasteiger partial charge in [0.1, 0.15) is 5.56 Å². The Balaban J connectivity index is 1.35. The second kappa shape index (κ2) is 8.54. The summed E-state index contributed by atoms with van der Waals surface area (Å²) in [5, 5.41) is 10.6. The number of aryl methyl sites for hydroxylation is 2. The number of aliphatic hydroxyl groups is 1. The lowest BCUT2D eigenvalue weighted by molar-refractivity contribution is 0.0435. The highest BCUT2D eigenvalue weighted by molar-refractivity contribution is 5.95. The molecule has 5 heteroatoms. The van der Waals surface area contributed by atoms with Crippen molar-refractivity contribution in [3.63, 3.8) is 0 Å². The van der Waals surface area contributed by atoms with Gasteiger partial charge in [-0.05, 0) is 68.6 Å². The second-order valence-electron chi connectivity index (χ2n) is 8.54. The number of hydrogen-bond acceptors (Lipinski definition) is 3. The van der Waals surface area contributed by atoms with Gasteiger partial charge < -0.3 is 14.6 Å². The number of carbonyl (C=O) groups is 1. The molecule has 2 heterocycles. The first-order valence-corrected chi connectivity index (χ1v) is 10.8. The number of aromatic nitrogens is 1. The number of nitrogens with zero attached hydrogens (tertiary/aromatic N) is 2. The average molecular weight is 395 g/mol. The van der Waals surface area contributed by atoms with Crippen molar-refractivity contribution >= 4 is 5.91 Å². The Kier molecular flexibility index (Phi) is 5.86. The minimum absolute atomic E-state index is 0.150. The van der Waals surface area contributed by atoms with E-state index in [4.69, 9.17) is 0 Å². The van der Waals surface area contributed by atoms with Gasteiger partial charge in [0, 0.05) is 25.3 Å². The van der Waals surface area contributed by atoms with E-state index < -0.39 is 0 Å². The van der Waals surface area contributed by atoms with Crippen molar-refractivity contribution in [3.8, 4) is 0 Å². The molecule has 4 rings (SSSR count). The van der Waals surface area contributed by atoms with Crippen molar-refractivity contribution in [1.82, 2.24) is 9.47 Å². The quantitative estimate of drug-likeness (QED) is 0.817. The Labute approximate surface area is 172 Å². The summed E-state index contributed by atoms with van der Waals surface area (Å²) in [5.74, 6) is 0.0579. The summed E-state index contributed by atoms with van der Waals surface area (Å²) in [5.41, 5.74) is 2.16. The van der Waals surface area contributed by atoms with Gasteiger partial charge in [-0.2, -0.15) is 0 Å². The van der Waals surface area contributed by atoms with Crippen molar-refractivity contribution in [2.24, 2.45) is 5.92 Å². The number of rotatable bonds is 6. The van der Waals surface area contributed by atoms with Crippen molar-refractivity contribution in [1.29, 1.82) is 0 Å². The standard InChI is InChI=1S/C24H30N2O3/c1-17-11-16-26(20-8-9-20)24(29)22(17)23(28)25-14-12-19(13-15-25)21(27)10-7-18-5-3-2-4-6-18/h2-6,11,16,19-21,27H,7-10,12-15H2,1H3. The number of piperidine rings is 1. The number of amides is 1. The largest absolute Gasteiger partial charge is 0.393 e. The smallest absolute Gasteiger partial charge is 0.263 e. The fourth-order valence-electron chi connectivity index (χ4n) is 4.38. The number of pyridine rings is 1. The van der Waals surface area contributed by atoms with Crippen molar-refractivity contribution in [3.05, 3.63) is 69.6 Å². The minimum atomic E-state index is -0.349. The van der Waals surface area contributed by atoms with Crippen molar-refractivity contribution in [2.75, 3.05) is 13.1 Å². The molecule has 1 N–H and O–H groups in total. The lowest BCUT2D eigenvalue weighted by atomic mass is 9.88. The molecule has 29 heavy (non-hydrogen) atoms. The van der Waals surface area contributed by atoms with Crippen LogP contribution in [0.25, 0.3) is 0 Å². The number of carbonyl (C=O) groups excluding carboxylic acids is 1. The zero-order valence-electron chi connectivity index (χ0n) is 17.1. The summed E-state index contributed by atoms with van der Waals surface area (Å²) in [6.07, 6.45) is 6.68. The van der Waals surface area contributed by atoms with Crippen LogP contribution in [0.15, 0.2) is 47.4 Å². The van der Waals surface area contributed by atoms with E-state index in [2.05, 4.69) is 12.1 Å². The van der Waals surface area contributed by atoms with Crippen molar-refractivity contribution < 1.29 is 9.90 Å². The van der Waals surface area contributed by atoms with Gasteiger partial charge in [-0.25, -0.2) is 0 Å². The Morgan fingerprint density at radius 3 is 2.45 bits per heavy atom. The van der Waals surface area contributed by atoms with Gasteiger partial charge in [0.25, 0.3) is 11.5 Å². The van der Waals surface area contributed by atoms with Gasteiger partial charge in [0.2, 0.25) is 0 Å². The monoisotopic (exact) mass is 394 g/mol. The molecule has 1 atom stereocenters. The molecule has 2 fully saturated rings. The molecule has 5 nitrogen and oxygen atoms in total. The van der Waals surface area contributed by atoms with E-state index in [9.17, 15) is 14.7 Å². The van der Waals surface area contributed by atoms with Gasteiger partial charge in [0.15, 0.2) is 0 Å². The molecule has 1 amide bonds. The summed E-state index contributed by atoms with van der Waals surface area (Å²) in [4.78, 5) is 27.7. The molecule has 2 aliphatic rings. The predicted octanol–water partition coefficient (Wildman–Crippen LogP) is 3.34. The summed E-state index contributed by atoms with van der Waals surface area (Å²) in [6.45, 7) is 3.04. The topological polar surface area (TPSA) is 62.5 Å². The van der Waals surface area contributed by atoms with Gasteiger partial charge >= 0.3 is 0 Å². The van der Waals surface area contributed by atoms with E-state index in [1.165, 1.54) is 5.56 Å². The Morgan fingerprint density at radius 1 is 1.10 bits per heavy atom. The molecule has 2 aromatic rings. The number of aliphatic hydroxyl groups excluding tert-OH is 1. The molecule has 154 valence electrons. The van der Waals surface area contributed by atoms with Crippen LogP contribution in [0.1, 0.15) is 59.6 Å². The zero-order chi connectivity index (χ0) is 20.4. The Hall–Kier alpha value is -2.40. The van der Waals surface area contributed by atoms with E-state index in [-0.39, 0.29) is 29.5 Å². The lowest BCUT2D eigenvalue weighted by Crippen LogP contribution is -2.43. The molecule has 1 aromatic heterocycles. The highest BCUT2D eigenvalue weighted by atomic mass is 16.3. The molecule has 1 unspecified atom stereocenters. The SMILES string of the molecule is Cc1ccn(C2CC2)c(=O)c1C(=O)N1CCC(C(O)CCc2ccccc2)CC1. The maximum atomic E-state index is 13.1. The number of likely N-dealkylation sites (tertiary alicyclic amines) is 1. The van der Waals surface area contributed by atoms with Crippen LogP contribution >= 0.6 is 0 Å². The van der Waals surface area contributed by atoms with E-state index in [1.807, 2.05) is 37.4 Å². The van der Waals surface area contributed by atoms with Crippen LogP contribution in [-0.2, 0) is 6.42 Å². The summed E-state index contributed by atoms with van der Waals surface area (Å²) in [7, 11) is 0. The predicted molar refractivity (Wildman–Crippen MR) is 113 cm³/mol. The van der Waals surface area contributed by atoms with Gasteiger partial charge in [-0.15, -0.1) is 0 Å². The summed E-state index contributed by atoms with van der Waals surface area (Å²) in [6, 6.07) is 12.4. The lowest BCUT2D eigenvalue weighted by Gasteiger charge is -2.34. The first-order chi connectivity index (χ1) is 14.0. The van der Waals surface area contributed by atoms with E-state index in [0.717, 1.165) is 44.1 Å². The summed E-state index contributed by atoms with van der Waals surface area (Å²) < 4.78 is 1.72. The first-order valence-electron chi connectivity index (χ1n) is 10.8. The van der Waals surface area contributed by atoms with Crippen LogP contribution in [0.3, 0.4) is 0 Å². The zero-order valence-corrected chi connectivity index (χ0v) is 17.1. The van der Waals surface area contributed by atoms with Crippen LogP contribution < -0.4 is 5.56 Å². The third-order valence-corrected chi connectivity index (χ3v) is 6.42. The molecular formula is C24H30N2O3. The molecule has 0 radical (unpaired) electrons. The normalized spacial score (nSPS) is 18.6. The molecule has 1 saturated heterocycles. The fraction of sp³-hybridized carbons (Fsp3) is 0.500. The van der Waals surface area contributed by atoms with E-state index in [1.54, 1.807) is 9.47 Å². The molecule has 0 bridgehead atoms. The van der Waals surface area contributed by atoms with Crippen LogP contribution in [0, 0.1) is 12.8 Å².